The molecule has 0 fully saturated rings. The van der Waals surface area contributed by atoms with Crippen LogP contribution in [0.5, 0.6) is 5.75 Å². The minimum atomic E-state index is 0.470. The summed E-state index contributed by atoms with van der Waals surface area (Å²) in [6.45, 7) is 5.89. The van der Waals surface area contributed by atoms with E-state index < -0.39 is 0 Å². The van der Waals surface area contributed by atoms with Gasteiger partial charge in [-0.25, -0.2) is 0 Å². The fraction of sp³-hybridized carbons (Fsp3) is 0.571. The largest absolute Gasteiger partial charge is 0.496 e. The number of rotatable bonds is 6. The fourth-order valence-corrected chi connectivity index (χ4v) is 1.91. The van der Waals surface area contributed by atoms with E-state index in [1.807, 2.05) is 13.1 Å². The van der Waals surface area contributed by atoms with Crippen LogP contribution in [-0.4, -0.2) is 32.9 Å². The Balaban J connectivity index is 2.84. The quantitative estimate of drug-likeness (QED) is 0.710. The molecule has 1 aromatic carbocycles. The molecule has 0 aliphatic carbocycles. The molecule has 0 bridgehead atoms. The molecule has 17 heavy (non-hydrogen) atoms. The van der Waals surface area contributed by atoms with Gasteiger partial charge in [-0.1, -0.05) is 26.0 Å². The van der Waals surface area contributed by atoms with Crippen molar-refractivity contribution in [2.45, 2.75) is 26.3 Å². The minimum Gasteiger partial charge on any atom is -0.496 e. The standard InChI is InChI=1S/C14H23NO2/c1-11(2)13-8-12(6-7-14(13)17-5)9-15(3)10-16-4/h6-8,11H,9-10H2,1-5H3. The maximum Gasteiger partial charge on any atom is 0.122 e. The second-order valence-electron chi connectivity index (χ2n) is 4.66. The molecule has 0 aromatic heterocycles. The monoisotopic (exact) mass is 237 g/mol. The molecule has 0 unspecified atom stereocenters. The molecule has 0 amide bonds. The molecule has 0 saturated carbocycles. The lowest BCUT2D eigenvalue weighted by atomic mass is 9.99. The van der Waals surface area contributed by atoms with Crippen LogP contribution in [0.15, 0.2) is 18.2 Å². The third-order valence-corrected chi connectivity index (χ3v) is 2.72. The molecular weight excluding hydrogens is 214 g/mol. The molecule has 0 heterocycles. The number of hydrogen-bond acceptors (Lipinski definition) is 3. The number of methoxy groups -OCH3 is 2. The van der Waals surface area contributed by atoms with Gasteiger partial charge in [0.25, 0.3) is 0 Å². The highest BCUT2D eigenvalue weighted by atomic mass is 16.5. The topological polar surface area (TPSA) is 21.7 Å². The van der Waals surface area contributed by atoms with Crippen molar-refractivity contribution in [3.63, 3.8) is 0 Å². The van der Waals surface area contributed by atoms with Gasteiger partial charge in [0.05, 0.1) is 13.8 Å². The maximum atomic E-state index is 5.38. The van der Waals surface area contributed by atoms with Crippen molar-refractivity contribution >= 4 is 0 Å². The maximum absolute atomic E-state index is 5.38. The Morgan fingerprint density at radius 3 is 2.47 bits per heavy atom. The van der Waals surface area contributed by atoms with Crippen LogP contribution in [0.25, 0.3) is 0 Å². The number of nitrogens with zero attached hydrogens (tertiary/aromatic N) is 1. The summed E-state index contributed by atoms with van der Waals surface area (Å²) in [4.78, 5) is 2.13. The molecule has 0 saturated heterocycles. The summed E-state index contributed by atoms with van der Waals surface area (Å²) in [5.41, 5.74) is 2.55. The predicted octanol–water partition coefficient (Wildman–Crippen LogP) is 2.85. The van der Waals surface area contributed by atoms with Gasteiger partial charge in [-0.2, -0.15) is 0 Å². The Morgan fingerprint density at radius 1 is 1.24 bits per heavy atom. The van der Waals surface area contributed by atoms with E-state index in [1.54, 1.807) is 14.2 Å². The van der Waals surface area contributed by atoms with E-state index in [0.717, 1.165) is 12.3 Å². The van der Waals surface area contributed by atoms with E-state index in [2.05, 4.69) is 30.9 Å². The Kier molecular flexibility index (Phi) is 5.45. The molecule has 0 spiro atoms. The highest BCUT2D eigenvalue weighted by Gasteiger charge is 2.09. The smallest absolute Gasteiger partial charge is 0.122 e. The van der Waals surface area contributed by atoms with Crippen LogP contribution in [0, 0.1) is 0 Å². The summed E-state index contributed by atoms with van der Waals surface area (Å²) in [6.07, 6.45) is 0. The van der Waals surface area contributed by atoms with Gasteiger partial charge < -0.3 is 9.47 Å². The van der Waals surface area contributed by atoms with E-state index >= 15 is 0 Å². The highest BCUT2D eigenvalue weighted by Crippen LogP contribution is 2.27. The zero-order valence-corrected chi connectivity index (χ0v) is 11.5. The zero-order valence-electron chi connectivity index (χ0n) is 11.5. The Bertz CT molecular complexity index is 350. The first-order chi connectivity index (χ1) is 8.08. The minimum absolute atomic E-state index is 0.470. The molecule has 0 N–H and O–H groups in total. The first kappa shape index (κ1) is 14.0. The molecule has 0 aliphatic heterocycles. The lowest BCUT2D eigenvalue weighted by Gasteiger charge is -2.18. The third-order valence-electron chi connectivity index (χ3n) is 2.72. The van der Waals surface area contributed by atoms with Crippen molar-refractivity contribution in [1.29, 1.82) is 0 Å². The van der Waals surface area contributed by atoms with E-state index in [9.17, 15) is 0 Å². The lowest BCUT2D eigenvalue weighted by molar-refractivity contribution is 0.0771. The second kappa shape index (κ2) is 6.62. The van der Waals surface area contributed by atoms with Crippen LogP contribution in [0.4, 0.5) is 0 Å². The van der Waals surface area contributed by atoms with Crippen LogP contribution in [0.2, 0.25) is 0 Å². The van der Waals surface area contributed by atoms with Crippen LogP contribution < -0.4 is 4.74 Å². The van der Waals surface area contributed by atoms with Crippen LogP contribution >= 0.6 is 0 Å². The molecular formula is C14H23NO2. The third kappa shape index (κ3) is 4.02. The summed E-state index contributed by atoms with van der Waals surface area (Å²) in [7, 11) is 5.48. The Morgan fingerprint density at radius 2 is 1.94 bits per heavy atom. The first-order valence-corrected chi connectivity index (χ1v) is 5.92. The zero-order chi connectivity index (χ0) is 12.8. The number of ether oxygens (including phenoxy) is 2. The van der Waals surface area contributed by atoms with E-state index in [4.69, 9.17) is 9.47 Å². The Hall–Kier alpha value is -1.06. The Labute approximate surface area is 104 Å². The van der Waals surface area contributed by atoms with Crippen LogP contribution in [0.3, 0.4) is 0 Å². The normalized spacial score (nSPS) is 11.2. The van der Waals surface area contributed by atoms with Gasteiger partial charge in [0.1, 0.15) is 5.75 Å². The lowest BCUT2D eigenvalue weighted by Crippen LogP contribution is -2.20. The van der Waals surface area contributed by atoms with Crippen LogP contribution in [-0.2, 0) is 11.3 Å². The van der Waals surface area contributed by atoms with E-state index in [-0.39, 0.29) is 0 Å². The predicted molar refractivity (Wildman–Crippen MR) is 70.4 cm³/mol. The molecule has 1 rings (SSSR count). The van der Waals surface area contributed by atoms with Gasteiger partial charge in [0, 0.05) is 13.7 Å². The van der Waals surface area contributed by atoms with Gasteiger partial charge in [-0.05, 0) is 30.2 Å². The SMILES string of the molecule is COCN(C)Cc1ccc(OC)c(C(C)C)c1. The van der Waals surface area contributed by atoms with E-state index in [0.29, 0.717) is 12.6 Å². The molecule has 0 radical (unpaired) electrons. The van der Waals surface area contributed by atoms with Crippen molar-refractivity contribution in [2.75, 3.05) is 28.0 Å². The summed E-state index contributed by atoms with van der Waals surface area (Å²) < 4.78 is 10.5. The van der Waals surface area contributed by atoms with Gasteiger partial charge >= 0.3 is 0 Å². The van der Waals surface area contributed by atoms with Crippen molar-refractivity contribution in [2.24, 2.45) is 0 Å². The van der Waals surface area contributed by atoms with Crippen molar-refractivity contribution in [3.05, 3.63) is 29.3 Å². The molecule has 3 heteroatoms. The van der Waals surface area contributed by atoms with E-state index in [1.165, 1.54) is 11.1 Å². The second-order valence-corrected chi connectivity index (χ2v) is 4.66. The summed E-state index contributed by atoms with van der Waals surface area (Å²) >= 11 is 0. The first-order valence-electron chi connectivity index (χ1n) is 5.92. The van der Waals surface area contributed by atoms with Crippen LogP contribution in [0.1, 0.15) is 30.9 Å². The average molecular weight is 237 g/mol. The van der Waals surface area contributed by atoms with Crippen molar-refractivity contribution < 1.29 is 9.47 Å². The van der Waals surface area contributed by atoms with Crippen molar-refractivity contribution in [3.8, 4) is 5.75 Å². The molecule has 3 nitrogen and oxygen atoms in total. The molecule has 0 atom stereocenters. The highest BCUT2D eigenvalue weighted by molar-refractivity contribution is 5.39. The fourth-order valence-electron chi connectivity index (χ4n) is 1.91. The summed E-state index contributed by atoms with van der Waals surface area (Å²) in [6, 6.07) is 6.37. The van der Waals surface area contributed by atoms with Gasteiger partial charge in [0.15, 0.2) is 0 Å². The molecule has 0 aliphatic rings. The van der Waals surface area contributed by atoms with Gasteiger partial charge in [-0.15, -0.1) is 0 Å². The number of hydrogen-bond donors (Lipinski definition) is 0. The van der Waals surface area contributed by atoms with Gasteiger partial charge in [-0.3, -0.25) is 4.90 Å². The number of benzene rings is 1. The summed E-state index contributed by atoms with van der Waals surface area (Å²) in [5.74, 6) is 1.44. The van der Waals surface area contributed by atoms with Gasteiger partial charge in [0.2, 0.25) is 0 Å². The van der Waals surface area contributed by atoms with Crippen molar-refractivity contribution in [1.82, 2.24) is 4.90 Å². The summed E-state index contributed by atoms with van der Waals surface area (Å²) in [5, 5.41) is 0. The molecule has 1 aromatic rings. The average Bonchev–Trinajstić information content (AvgIpc) is 2.29. The molecule has 96 valence electrons.